The highest BCUT2D eigenvalue weighted by atomic mass is 16.5. The first-order valence-corrected chi connectivity index (χ1v) is 12.2. The third-order valence-corrected chi connectivity index (χ3v) is 5.89. The first kappa shape index (κ1) is 23.4. The molecule has 0 atom stereocenters. The van der Waals surface area contributed by atoms with Crippen molar-refractivity contribution in [1.29, 1.82) is 0 Å². The summed E-state index contributed by atoms with van der Waals surface area (Å²) < 4.78 is 8.20. The summed E-state index contributed by atoms with van der Waals surface area (Å²) in [6, 6.07) is 28.5. The fourth-order valence-electron chi connectivity index (χ4n) is 4.03. The normalized spacial score (nSPS) is 11.0. The highest BCUT2D eigenvalue weighted by molar-refractivity contribution is 5.66. The van der Waals surface area contributed by atoms with E-state index in [0.29, 0.717) is 5.92 Å². The Bertz CT molecular complexity index is 1400. The van der Waals surface area contributed by atoms with Crippen LogP contribution in [0.2, 0.25) is 0 Å². The van der Waals surface area contributed by atoms with Gasteiger partial charge in [-0.2, -0.15) is 0 Å². The van der Waals surface area contributed by atoms with E-state index < -0.39 is 0 Å². The zero-order valence-corrected chi connectivity index (χ0v) is 20.8. The van der Waals surface area contributed by atoms with Crippen molar-refractivity contribution < 1.29 is 4.74 Å². The van der Waals surface area contributed by atoms with Crippen molar-refractivity contribution in [2.45, 2.75) is 27.2 Å². The molecule has 1 N–H and O–H groups in total. The molecule has 0 unspecified atom stereocenters. The van der Waals surface area contributed by atoms with Crippen LogP contribution in [0.3, 0.4) is 0 Å². The van der Waals surface area contributed by atoms with Crippen LogP contribution in [0, 0.1) is 12.8 Å². The van der Waals surface area contributed by atoms with Crippen molar-refractivity contribution in [3.05, 3.63) is 115 Å². The average molecular weight is 475 g/mol. The van der Waals surface area contributed by atoms with E-state index in [1.807, 2.05) is 36.4 Å². The van der Waals surface area contributed by atoms with Gasteiger partial charge in [0.1, 0.15) is 17.3 Å². The molecule has 0 amide bonds. The van der Waals surface area contributed by atoms with E-state index >= 15 is 0 Å². The van der Waals surface area contributed by atoms with Crippen molar-refractivity contribution in [3.8, 4) is 28.4 Å². The number of benzene rings is 3. The minimum Gasteiger partial charge on any atom is -0.457 e. The molecule has 5 rings (SSSR count). The summed E-state index contributed by atoms with van der Waals surface area (Å²) >= 11 is 0. The first-order chi connectivity index (χ1) is 17.5. The second-order valence-electron chi connectivity index (χ2n) is 9.36. The van der Waals surface area contributed by atoms with Gasteiger partial charge in [-0.05, 0) is 73.5 Å². The van der Waals surface area contributed by atoms with Gasteiger partial charge in [0.15, 0.2) is 0 Å². The number of nitrogens with one attached hydrogen (secondary N) is 1. The van der Waals surface area contributed by atoms with Crippen molar-refractivity contribution in [2.24, 2.45) is 5.92 Å². The average Bonchev–Trinajstić information content (AvgIpc) is 3.30. The summed E-state index contributed by atoms with van der Waals surface area (Å²) in [5, 5.41) is 3.40. The zero-order valence-electron chi connectivity index (χ0n) is 20.8. The van der Waals surface area contributed by atoms with Gasteiger partial charge in [0.25, 0.3) is 0 Å². The maximum absolute atomic E-state index is 6.01. The zero-order chi connectivity index (χ0) is 24.9. The molecule has 0 bridgehead atoms. The van der Waals surface area contributed by atoms with Crippen molar-refractivity contribution in [2.75, 3.05) is 5.32 Å². The molecule has 0 aliphatic rings. The number of aromatic nitrogens is 3. The molecular formula is C31H30N4O. The van der Waals surface area contributed by atoms with Gasteiger partial charge < -0.3 is 14.6 Å². The molecule has 5 nitrogen and oxygen atoms in total. The third kappa shape index (κ3) is 5.63. The summed E-state index contributed by atoms with van der Waals surface area (Å²) in [6.45, 7) is 6.51. The molecule has 0 radical (unpaired) electrons. The van der Waals surface area contributed by atoms with Crippen LogP contribution in [0.4, 0.5) is 11.4 Å². The lowest BCUT2D eigenvalue weighted by Crippen LogP contribution is -2.04. The van der Waals surface area contributed by atoms with E-state index in [-0.39, 0.29) is 0 Å². The molecule has 3 aromatic carbocycles. The van der Waals surface area contributed by atoms with Gasteiger partial charge in [0.2, 0.25) is 0 Å². The molecule has 5 aromatic rings. The molecule has 2 heterocycles. The number of nitrogens with zero attached hydrogens (tertiary/aromatic N) is 3. The lowest BCUT2D eigenvalue weighted by Gasteiger charge is -2.11. The fraction of sp³-hybridized carbons (Fsp3) is 0.161. The van der Waals surface area contributed by atoms with Crippen LogP contribution in [0.1, 0.15) is 25.2 Å². The van der Waals surface area contributed by atoms with E-state index in [1.165, 1.54) is 5.56 Å². The smallest absolute Gasteiger partial charge is 0.127 e. The number of rotatable bonds is 8. The summed E-state index contributed by atoms with van der Waals surface area (Å²) in [4.78, 5) is 9.08. The molecule has 36 heavy (non-hydrogen) atoms. The second kappa shape index (κ2) is 10.5. The Labute approximate surface area is 212 Å². The summed E-state index contributed by atoms with van der Waals surface area (Å²) in [6.07, 6.45) is 6.57. The van der Waals surface area contributed by atoms with Crippen molar-refractivity contribution in [1.82, 2.24) is 14.5 Å². The van der Waals surface area contributed by atoms with Crippen LogP contribution in [0.15, 0.2) is 104 Å². The maximum Gasteiger partial charge on any atom is 0.127 e. The quantitative estimate of drug-likeness (QED) is 0.248. The molecule has 2 aromatic heterocycles. The molecular weight excluding hydrogens is 444 g/mol. The Morgan fingerprint density at radius 1 is 0.778 bits per heavy atom. The number of anilines is 2. The van der Waals surface area contributed by atoms with Crippen LogP contribution in [0.5, 0.6) is 11.5 Å². The van der Waals surface area contributed by atoms with Gasteiger partial charge in [0.05, 0.1) is 5.69 Å². The first-order valence-electron chi connectivity index (χ1n) is 12.2. The van der Waals surface area contributed by atoms with Gasteiger partial charge in [-0.1, -0.05) is 43.7 Å². The fourth-order valence-corrected chi connectivity index (χ4v) is 4.03. The van der Waals surface area contributed by atoms with Gasteiger partial charge in [-0.25, -0.2) is 4.98 Å². The maximum atomic E-state index is 6.01. The van der Waals surface area contributed by atoms with E-state index in [0.717, 1.165) is 52.1 Å². The van der Waals surface area contributed by atoms with Crippen LogP contribution >= 0.6 is 0 Å². The highest BCUT2D eigenvalue weighted by Gasteiger charge is 2.13. The van der Waals surface area contributed by atoms with Gasteiger partial charge in [-0.3, -0.25) is 4.98 Å². The minimum atomic E-state index is 0.495. The minimum absolute atomic E-state index is 0.495. The number of hydrogen-bond acceptors (Lipinski definition) is 4. The monoisotopic (exact) mass is 474 g/mol. The number of hydrogen-bond donors (Lipinski definition) is 1. The van der Waals surface area contributed by atoms with Crippen LogP contribution in [-0.2, 0) is 6.42 Å². The molecule has 0 saturated carbocycles. The molecule has 0 aliphatic carbocycles. The Morgan fingerprint density at radius 3 is 2.03 bits per heavy atom. The van der Waals surface area contributed by atoms with E-state index in [9.17, 15) is 0 Å². The third-order valence-electron chi connectivity index (χ3n) is 5.89. The second-order valence-corrected chi connectivity index (χ2v) is 9.36. The van der Waals surface area contributed by atoms with Crippen molar-refractivity contribution in [3.63, 3.8) is 0 Å². The summed E-state index contributed by atoms with van der Waals surface area (Å²) in [5.41, 5.74) is 6.36. The molecule has 0 spiro atoms. The Balaban J connectivity index is 1.38. The standard InChI is InChI=1S/C31H30N4O/c1-22(2)20-31-34-30(24-6-8-25(9-7-24)33-26-16-18-32-19-17-26)21-35(31)27-10-14-29(15-11-27)36-28-12-4-23(3)5-13-28/h4-19,21-22H,20H2,1-3H3,(H,32,33). The lowest BCUT2D eigenvalue weighted by molar-refractivity contribution is 0.482. The Hall–Kier alpha value is -4.38. The van der Waals surface area contributed by atoms with E-state index in [1.54, 1.807) is 12.4 Å². The van der Waals surface area contributed by atoms with Crippen LogP contribution < -0.4 is 10.1 Å². The summed E-state index contributed by atoms with van der Waals surface area (Å²) in [7, 11) is 0. The Morgan fingerprint density at radius 2 is 1.39 bits per heavy atom. The van der Waals surface area contributed by atoms with Crippen molar-refractivity contribution >= 4 is 11.4 Å². The number of imidazole rings is 1. The van der Waals surface area contributed by atoms with E-state index in [2.05, 4.69) is 90.4 Å². The molecule has 180 valence electrons. The largest absolute Gasteiger partial charge is 0.457 e. The summed E-state index contributed by atoms with van der Waals surface area (Å²) in [5.74, 6) is 3.19. The molecule has 0 fully saturated rings. The van der Waals surface area contributed by atoms with Gasteiger partial charge in [0, 0.05) is 47.6 Å². The highest BCUT2D eigenvalue weighted by Crippen LogP contribution is 2.28. The topological polar surface area (TPSA) is 52.0 Å². The predicted molar refractivity (Wildman–Crippen MR) is 146 cm³/mol. The molecule has 0 saturated heterocycles. The van der Waals surface area contributed by atoms with Crippen LogP contribution in [-0.4, -0.2) is 14.5 Å². The SMILES string of the molecule is Cc1ccc(Oc2ccc(-n3cc(-c4ccc(Nc5ccncc5)cc4)nc3CC(C)C)cc2)cc1. The number of aryl methyl sites for hydroxylation is 1. The van der Waals surface area contributed by atoms with E-state index in [4.69, 9.17) is 9.72 Å². The predicted octanol–water partition coefficient (Wildman–Crippen LogP) is 7.98. The molecule has 5 heteroatoms. The van der Waals surface area contributed by atoms with Gasteiger partial charge >= 0.3 is 0 Å². The lowest BCUT2D eigenvalue weighted by atomic mass is 10.1. The molecule has 0 aliphatic heterocycles. The van der Waals surface area contributed by atoms with Gasteiger partial charge in [-0.15, -0.1) is 0 Å². The number of ether oxygens (including phenoxy) is 1. The number of pyridine rings is 1. The Kier molecular flexibility index (Phi) is 6.80. The van der Waals surface area contributed by atoms with Crippen LogP contribution in [0.25, 0.3) is 16.9 Å².